The Bertz CT molecular complexity index is 520. The first-order valence-corrected chi connectivity index (χ1v) is 6.50. The molecule has 0 atom stereocenters. The van der Waals surface area contributed by atoms with Crippen LogP contribution in [0.5, 0.6) is 0 Å². The molecule has 2 rings (SSSR count). The number of halogens is 1. The second-order valence-electron chi connectivity index (χ2n) is 4.29. The second kappa shape index (κ2) is 5.37. The summed E-state index contributed by atoms with van der Waals surface area (Å²) < 4.78 is 1.10. The summed E-state index contributed by atoms with van der Waals surface area (Å²) in [5.74, 6) is 0. The number of aryl methyl sites for hydroxylation is 2. The molecular formula is C15H16BrN. The average molecular weight is 290 g/mol. The van der Waals surface area contributed by atoms with Gasteiger partial charge >= 0.3 is 0 Å². The highest BCUT2D eigenvalue weighted by Crippen LogP contribution is 2.17. The van der Waals surface area contributed by atoms with Crippen molar-refractivity contribution in [3.8, 4) is 0 Å². The number of rotatable bonds is 3. The maximum Gasteiger partial charge on any atom is 0.0403 e. The fourth-order valence-electron chi connectivity index (χ4n) is 1.79. The largest absolute Gasteiger partial charge is 0.381 e. The van der Waals surface area contributed by atoms with E-state index in [4.69, 9.17) is 0 Å². The number of benzene rings is 2. The summed E-state index contributed by atoms with van der Waals surface area (Å²) in [7, 11) is 0. The molecule has 2 aromatic rings. The average Bonchev–Trinajstić information content (AvgIpc) is 2.30. The molecule has 1 nitrogen and oxygen atoms in total. The van der Waals surface area contributed by atoms with E-state index >= 15 is 0 Å². The van der Waals surface area contributed by atoms with E-state index in [1.165, 1.54) is 16.7 Å². The van der Waals surface area contributed by atoms with Crippen LogP contribution in [-0.4, -0.2) is 0 Å². The monoisotopic (exact) mass is 289 g/mol. The molecule has 2 aromatic carbocycles. The van der Waals surface area contributed by atoms with Crippen LogP contribution in [0.2, 0.25) is 0 Å². The molecule has 0 unspecified atom stereocenters. The van der Waals surface area contributed by atoms with Crippen molar-refractivity contribution in [3.05, 3.63) is 63.6 Å². The summed E-state index contributed by atoms with van der Waals surface area (Å²) in [5.41, 5.74) is 5.13. The molecule has 88 valence electrons. The second-order valence-corrected chi connectivity index (χ2v) is 5.21. The molecule has 0 aromatic heterocycles. The van der Waals surface area contributed by atoms with Crippen molar-refractivity contribution in [2.45, 2.75) is 20.4 Å². The van der Waals surface area contributed by atoms with E-state index in [1.54, 1.807) is 0 Å². The van der Waals surface area contributed by atoms with Crippen molar-refractivity contribution in [2.24, 2.45) is 0 Å². The van der Waals surface area contributed by atoms with E-state index in [2.05, 4.69) is 65.4 Å². The lowest BCUT2D eigenvalue weighted by molar-refractivity contribution is 1.11. The topological polar surface area (TPSA) is 12.0 Å². The van der Waals surface area contributed by atoms with E-state index in [9.17, 15) is 0 Å². The molecule has 0 heterocycles. The van der Waals surface area contributed by atoms with Gasteiger partial charge in [0.25, 0.3) is 0 Å². The van der Waals surface area contributed by atoms with E-state index in [0.29, 0.717) is 0 Å². The first-order valence-electron chi connectivity index (χ1n) is 5.71. The van der Waals surface area contributed by atoms with E-state index < -0.39 is 0 Å². The number of hydrogen-bond donors (Lipinski definition) is 1. The van der Waals surface area contributed by atoms with Crippen molar-refractivity contribution in [2.75, 3.05) is 5.32 Å². The van der Waals surface area contributed by atoms with E-state index in [-0.39, 0.29) is 0 Å². The molecule has 0 radical (unpaired) electrons. The molecule has 0 saturated carbocycles. The van der Waals surface area contributed by atoms with E-state index in [0.717, 1.165) is 16.7 Å². The molecule has 0 aliphatic rings. The van der Waals surface area contributed by atoms with Crippen molar-refractivity contribution in [1.82, 2.24) is 0 Å². The Morgan fingerprint density at radius 1 is 1.06 bits per heavy atom. The molecule has 0 spiro atoms. The summed E-state index contributed by atoms with van der Waals surface area (Å²) in [4.78, 5) is 0. The van der Waals surface area contributed by atoms with Gasteiger partial charge in [0.05, 0.1) is 0 Å². The summed E-state index contributed by atoms with van der Waals surface area (Å²) >= 11 is 3.47. The summed E-state index contributed by atoms with van der Waals surface area (Å²) in [6, 6.07) is 14.8. The van der Waals surface area contributed by atoms with Gasteiger partial charge in [-0.05, 0) is 43.2 Å². The van der Waals surface area contributed by atoms with Crippen LogP contribution in [0.25, 0.3) is 0 Å². The predicted molar refractivity (Wildman–Crippen MR) is 77.4 cm³/mol. The van der Waals surface area contributed by atoms with Crippen LogP contribution in [-0.2, 0) is 6.54 Å². The van der Waals surface area contributed by atoms with Gasteiger partial charge in [-0.3, -0.25) is 0 Å². The Hall–Kier alpha value is -1.28. The van der Waals surface area contributed by atoms with Gasteiger partial charge in [-0.25, -0.2) is 0 Å². The standard InChI is InChI=1S/C15H16BrN/c1-11-6-7-12(2)13(8-11)10-17-15-5-3-4-14(16)9-15/h3-9,17H,10H2,1-2H3. The zero-order valence-corrected chi connectivity index (χ0v) is 11.7. The Labute approximate surface area is 111 Å². The normalized spacial score (nSPS) is 10.3. The van der Waals surface area contributed by atoms with Gasteiger partial charge in [0.2, 0.25) is 0 Å². The minimum atomic E-state index is 0.865. The first-order chi connectivity index (χ1) is 8.15. The molecule has 0 aliphatic carbocycles. The Balaban J connectivity index is 2.09. The third kappa shape index (κ3) is 3.34. The smallest absolute Gasteiger partial charge is 0.0403 e. The molecule has 17 heavy (non-hydrogen) atoms. The Kier molecular flexibility index (Phi) is 3.85. The lowest BCUT2D eigenvalue weighted by atomic mass is 10.1. The molecule has 0 aliphatic heterocycles. The number of nitrogens with one attached hydrogen (secondary N) is 1. The van der Waals surface area contributed by atoms with Gasteiger partial charge in [-0.15, -0.1) is 0 Å². The fraction of sp³-hybridized carbons (Fsp3) is 0.200. The van der Waals surface area contributed by atoms with Gasteiger partial charge in [0.1, 0.15) is 0 Å². The lowest BCUT2D eigenvalue weighted by Gasteiger charge is -2.10. The van der Waals surface area contributed by atoms with Gasteiger partial charge < -0.3 is 5.32 Å². The van der Waals surface area contributed by atoms with Gasteiger partial charge in [0, 0.05) is 16.7 Å². The molecule has 0 saturated heterocycles. The first kappa shape index (κ1) is 12.2. The van der Waals surface area contributed by atoms with Crippen LogP contribution in [0.15, 0.2) is 46.9 Å². The van der Waals surface area contributed by atoms with E-state index in [1.807, 2.05) is 12.1 Å². The van der Waals surface area contributed by atoms with Crippen LogP contribution < -0.4 is 5.32 Å². The highest BCUT2D eigenvalue weighted by molar-refractivity contribution is 9.10. The van der Waals surface area contributed by atoms with Gasteiger partial charge in [0.15, 0.2) is 0 Å². The predicted octanol–water partition coefficient (Wildman–Crippen LogP) is 4.68. The highest BCUT2D eigenvalue weighted by Gasteiger charge is 1.99. The van der Waals surface area contributed by atoms with Crippen molar-refractivity contribution >= 4 is 21.6 Å². The Morgan fingerprint density at radius 3 is 2.65 bits per heavy atom. The number of hydrogen-bond acceptors (Lipinski definition) is 1. The molecule has 1 N–H and O–H groups in total. The highest BCUT2D eigenvalue weighted by atomic mass is 79.9. The molecular weight excluding hydrogens is 274 g/mol. The summed E-state index contributed by atoms with van der Waals surface area (Å²) in [5, 5.41) is 3.44. The van der Waals surface area contributed by atoms with Crippen molar-refractivity contribution in [1.29, 1.82) is 0 Å². The van der Waals surface area contributed by atoms with Crippen LogP contribution in [0.1, 0.15) is 16.7 Å². The number of anilines is 1. The lowest BCUT2D eigenvalue weighted by Crippen LogP contribution is -2.01. The van der Waals surface area contributed by atoms with Gasteiger partial charge in [-0.1, -0.05) is 45.8 Å². The van der Waals surface area contributed by atoms with Crippen LogP contribution in [0, 0.1) is 13.8 Å². The minimum Gasteiger partial charge on any atom is -0.381 e. The SMILES string of the molecule is Cc1ccc(C)c(CNc2cccc(Br)c2)c1. The summed E-state index contributed by atoms with van der Waals surface area (Å²) in [6.07, 6.45) is 0. The van der Waals surface area contributed by atoms with Crippen LogP contribution >= 0.6 is 15.9 Å². The van der Waals surface area contributed by atoms with Crippen molar-refractivity contribution < 1.29 is 0 Å². The van der Waals surface area contributed by atoms with Gasteiger partial charge in [-0.2, -0.15) is 0 Å². The Morgan fingerprint density at radius 2 is 1.88 bits per heavy atom. The third-order valence-corrected chi connectivity index (χ3v) is 3.31. The molecule has 0 fully saturated rings. The van der Waals surface area contributed by atoms with Crippen LogP contribution in [0.4, 0.5) is 5.69 Å². The van der Waals surface area contributed by atoms with Crippen LogP contribution in [0.3, 0.4) is 0 Å². The molecule has 0 amide bonds. The quantitative estimate of drug-likeness (QED) is 0.865. The minimum absolute atomic E-state index is 0.865. The molecule has 2 heteroatoms. The zero-order chi connectivity index (χ0) is 12.3. The fourth-order valence-corrected chi connectivity index (χ4v) is 2.19. The maximum atomic E-state index is 3.47. The van der Waals surface area contributed by atoms with Crippen molar-refractivity contribution in [3.63, 3.8) is 0 Å². The third-order valence-electron chi connectivity index (χ3n) is 2.81. The zero-order valence-electron chi connectivity index (χ0n) is 10.1. The molecule has 0 bridgehead atoms. The summed E-state index contributed by atoms with van der Waals surface area (Å²) in [6.45, 7) is 5.14. The maximum absolute atomic E-state index is 3.47.